The first-order valence-electron chi connectivity index (χ1n) is 8.83. The van der Waals surface area contributed by atoms with Gasteiger partial charge in [-0.3, -0.25) is 14.2 Å². The SMILES string of the molecule is CC(C)Cn1c(SCCC(N)=O)nc2sc3c(c2c1=O)CCC(C)C3. The van der Waals surface area contributed by atoms with Crippen LogP contribution in [-0.4, -0.2) is 21.2 Å². The molecule has 5 nitrogen and oxygen atoms in total. The van der Waals surface area contributed by atoms with Crippen LogP contribution in [0.15, 0.2) is 9.95 Å². The van der Waals surface area contributed by atoms with Crippen molar-refractivity contribution < 1.29 is 4.79 Å². The standard InChI is InChI=1S/C18H25N3O2S2/c1-10(2)9-21-17(23)15-12-5-4-11(3)8-13(12)25-16(15)20-18(21)24-7-6-14(19)22/h10-11H,4-9H2,1-3H3,(H2,19,22). The second kappa shape index (κ2) is 7.50. The van der Waals surface area contributed by atoms with Gasteiger partial charge >= 0.3 is 0 Å². The Kier molecular flexibility index (Phi) is 5.53. The molecule has 7 heteroatoms. The predicted molar refractivity (Wildman–Crippen MR) is 104 cm³/mol. The fourth-order valence-corrected chi connectivity index (χ4v) is 5.67. The molecule has 3 rings (SSSR count). The van der Waals surface area contributed by atoms with Gasteiger partial charge in [-0.1, -0.05) is 32.5 Å². The molecule has 1 unspecified atom stereocenters. The maximum Gasteiger partial charge on any atom is 0.263 e. The van der Waals surface area contributed by atoms with Gasteiger partial charge < -0.3 is 5.73 Å². The van der Waals surface area contributed by atoms with Crippen molar-refractivity contribution >= 4 is 39.2 Å². The molecule has 1 aliphatic carbocycles. The first-order chi connectivity index (χ1) is 11.9. The second-order valence-electron chi connectivity index (χ2n) is 7.30. The third-order valence-electron chi connectivity index (χ3n) is 4.51. The topological polar surface area (TPSA) is 78.0 Å². The van der Waals surface area contributed by atoms with Crippen LogP contribution in [0.1, 0.15) is 44.1 Å². The lowest BCUT2D eigenvalue weighted by Gasteiger charge is -2.18. The van der Waals surface area contributed by atoms with Crippen LogP contribution in [-0.2, 0) is 24.2 Å². The van der Waals surface area contributed by atoms with Crippen molar-refractivity contribution in [1.29, 1.82) is 0 Å². The lowest BCUT2D eigenvalue weighted by Crippen LogP contribution is -2.26. The summed E-state index contributed by atoms with van der Waals surface area (Å²) in [4.78, 5) is 31.2. The Labute approximate surface area is 156 Å². The smallest absolute Gasteiger partial charge is 0.263 e. The summed E-state index contributed by atoms with van der Waals surface area (Å²) in [6.45, 7) is 7.10. The number of thiophene rings is 1. The lowest BCUT2D eigenvalue weighted by atomic mass is 9.89. The van der Waals surface area contributed by atoms with Crippen LogP contribution in [0.5, 0.6) is 0 Å². The van der Waals surface area contributed by atoms with E-state index in [0.717, 1.165) is 29.5 Å². The van der Waals surface area contributed by atoms with Gasteiger partial charge in [0.05, 0.1) is 5.39 Å². The summed E-state index contributed by atoms with van der Waals surface area (Å²) in [5.41, 5.74) is 6.54. The van der Waals surface area contributed by atoms with Crippen LogP contribution in [0.25, 0.3) is 10.2 Å². The van der Waals surface area contributed by atoms with E-state index in [0.29, 0.717) is 35.7 Å². The zero-order chi connectivity index (χ0) is 18.1. The van der Waals surface area contributed by atoms with Gasteiger partial charge in [-0.2, -0.15) is 0 Å². The summed E-state index contributed by atoms with van der Waals surface area (Å²) in [6, 6.07) is 0. The van der Waals surface area contributed by atoms with Gasteiger partial charge in [-0.15, -0.1) is 11.3 Å². The minimum absolute atomic E-state index is 0.0762. The van der Waals surface area contributed by atoms with E-state index in [2.05, 4.69) is 20.8 Å². The summed E-state index contributed by atoms with van der Waals surface area (Å²) in [5.74, 6) is 1.24. The number of thioether (sulfide) groups is 1. The molecule has 1 atom stereocenters. The number of nitrogens with zero attached hydrogens (tertiary/aromatic N) is 2. The molecule has 2 N–H and O–H groups in total. The fraction of sp³-hybridized carbons (Fsp3) is 0.611. The molecule has 2 aromatic rings. The highest BCUT2D eigenvalue weighted by Gasteiger charge is 2.24. The molecule has 0 spiro atoms. The number of primary amides is 1. The number of nitrogens with two attached hydrogens (primary N) is 1. The number of amides is 1. The molecule has 1 aliphatic rings. The van der Waals surface area contributed by atoms with E-state index < -0.39 is 0 Å². The Bertz CT molecular complexity index is 854. The van der Waals surface area contributed by atoms with Gasteiger partial charge in [0.1, 0.15) is 4.83 Å². The Morgan fingerprint density at radius 3 is 2.92 bits per heavy atom. The number of aromatic nitrogens is 2. The predicted octanol–water partition coefficient (Wildman–Crippen LogP) is 3.21. The highest BCUT2D eigenvalue weighted by Crippen LogP contribution is 2.36. The summed E-state index contributed by atoms with van der Waals surface area (Å²) in [5, 5.41) is 1.53. The fourth-order valence-electron chi connectivity index (χ4n) is 3.28. The third-order valence-corrected chi connectivity index (χ3v) is 6.63. The molecule has 0 bridgehead atoms. The average Bonchev–Trinajstić information content (AvgIpc) is 2.87. The summed E-state index contributed by atoms with van der Waals surface area (Å²) >= 11 is 3.12. The van der Waals surface area contributed by atoms with Crippen LogP contribution in [0.3, 0.4) is 0 Å². The quantitative estimate of drug-likeness (QED) is 0.617. The molecule has 0 aromatic carbocycles. The molecule has 2 heterocycles. The van der Waals surface area contributed by atoms with Crippen molar-refractivity contribution in [2.75, 3.05) is 5.75 Å². The first-order valence-corrected chi connectivity index (χ1v) is 10.6. The van der Waals surface area contributed by atoms with E-state index in [1.54, 1.807) is 15.9 Å². The van der Waals surface area contributed by atoms with E-state index in [-0.39, 0.29) is 11.5 Å². The molecule has 0 aliphatic heterocycles. The molecule has 1 amide bonds. The van der Waals surface area contributed by atoms with E-state index in [1.165, 1.54) is 22.2 Å². The van der Waals surface area contributed by atoms with Gasteiger partial charge in [-0.05, 0) is 36.7 Å². The lowest BCUT2D eigenvalue weighted by molar-refractivity contribution is -0.117. The number of rotatable bonds is 6. The molecule has 0 fully saturated rings. The van der Waals surface area contributed by atoms with Crippen LogP contribution in [0.4, 0.5) is 0 Å². The maximum absolute atomic E-state index is 13.2. The number of aryl methyl sites for hydroxylation is 1. The largest absolute Gasteiger partial charge is 0.370 e. The van der Waals surface area contributed by atoms with Gasteiger partial charge in [-0.25, -0.2) is 4.98 Å². The zero-order valence-electron chi connectivity index (χ0n) is 15.0. The van der Waals surface area contributed by atoms with E-state index in [9.17, 15) is 9.59 Å². The van der Waals surface area contributed by atoms with Crippen molar-refractivity contribution in [3.63, 3.8) is 0 Å². The molecule has 25 heavy (non-hydrogen) atoms. The normalized spacial score (nSPS) is 17.2. The molecule has 2 aromatic heterocycles. The van der Waals surface area contributed by atoms with Gasteiger partial charge in [0, 0.05) is 23.6 Å². The van der Waals surface area contributed by atoms with Crippen molar-refractivity contribution in [1.82, 2.24) is 9.55 Å². The maximum atomic E-state index is 13.2. The molecule has 0 saturated carbocycles. The van der Waals surface area contributed by atoms with Gasteiger partial charge in [0.15, 0.2) is 5.16 Å². The number of hydrogen-bond acceptors (Lipinski definition) is 5. The molecule has 0 radical (unpaired) electrons. The highest BCUT2D eigenvalue weighted by molar-refractivity contribution is 7.99. The Balaban J connectivity index is 2.08. The third kappa shape index (κ3) is 3.92. The average molecular weight is 380 g/mol. The highest BCUT2D eigenvalue weighted by atomic mass is 32.2. The van der Waals surface area contributed by atoms with Crippen molar-refractivity contribution in [3.8, 4) is 0 Å². The summed E-state index contributed by atoms with van der Waals surface area (Å²) < 4.78 is 1.80. The number of fused-ring (bicyclic) bond motifs is 3. The van der Waals surface area contributed by atoms with E-state index in [1.807, 2.05) is 0 Å². The first kappa shape index (κ1) is 18.5. The Morgan fingerprint density at radius 2 is 2.24 bits per heavy atom. The monoisotopic (exact) mass is 379 g/mol. The van der Waals surface area contributed by atoms with Crippen LogP contribution >= 0.6 is 23.1 Å². The Morgan fingerprint density at radius 1 is 1.48 bits per heavy atom. The molecule has 0 saturated heterocycles. The van der Waals surface area contributed by atoms with Crippen LogP contribution in [0, 0.1) is 11.8 Å². The molecular weight excluding hydrogens is 354 g/mol. The van der Waals surface area contributed by atoms with Crippen LogP contribution in [0.2, 0.25) is 0 Å². The van der Waals surface area contributed by atoms with Crippen molar-refractivity contribution in [2.45, 2.75) is 58.2 Å². The summed E-state index contributed by atoms with van der Waals surface area (Å²) in [7, 11) is 0. The Hall–Kier alpha value is -1.34. The zero-order valence-corrected chi connectivity index (χ0v) is 16.6. The second-order valence-corrected chi connectivity index (χ2v) is 9.45. The van der Waals surface area contributed by atoms with Crippen molar-refractivity contribution in [2.24, 2.45) is 17.6 Å². The van der Waals surface area contributed by atoms with Gasteiger partial charge in [0.2, 0.25) is 5.91 Å². The minimum atomic E-state index is -0.327. The molecule has 136 valence electrons. The number of carbonyl (C=O) groups is 1. The summed E-state index contributed by atoms with van der Waals surface area (Å²) in [6.07, 6.45) is 3.45. The number of hydrogen-bond donors (Lipinski definition) is 1. The van der Waals surface area contributed by atoms with E-state index in [4.69, 9.17) is 10.7 Å². The van der Waals surface area contributed by atoms with Gasteiger partial charge in [0.25, 0.3) is 5.56 Å². The molecular formula is C18H25N3O2S2. The number of carbonyl (C=O) groups excluding carboxylic acids is 1. The van der Waals surface area contributed by atoms with Crippen molar-refractivity contribution in [3.05, 3.63) is 20.8 Å². The minimum Gasteiger partial charge on any atom is -0.370 e. The van der Waals surface area contributed by atoms with E-state index >= 15 is 0 Å². The van der Waals surface area contributed by atoms with Crippen LogP contribution < -0.4 is 11.3 Å².